The van der Waals surface area contributed by atoms with E-state index < -0.39 is 24.3 Å². The predicted molar refractivity (Wildman–Crippen MR) is 160 cm³/mol. The number of carboxylic acids is 2. The van der Waals surface area contributed by atoms with Crippen molar-refractivity contribution in [2.75, 3.05) is 12.3 Å². The first-order valence-corrected chi connectivity index (χ1v) is 14.0. The minimum atomic E-state index is -5.08. The van der Waals surface area contributed by atoms with Crippen molar-refractivity contribution < 1.29 is 50.9 Å². The number of guanidine groups is 1. The number of hydrogen-bond donors (Lipinski definition) is 6. The number of aromatic nitrogens is 1. The quantitative estimate of drug-likeness (QED) is 0.0967. The van der Waals surface area contributed by atoms with Crippen LogP contribution in [0.4, 0.5) is 42.0 Å². The van der Waals surface area contributed by atoms with Gasteiger partial charge in [-0.05, 0) is 55.4 Å². The Kier molecular flexibility index (Phi) is 15.5. The van der Waals surface area contributed by atoms with Crippen LogP contribution >= 0.6 is 11.3 Å². The smallest absolute Gasteiger partial charge is 0.475 e. The Balaban J connectivity index is 0.000000629. The Morgan fingerprint density at radius 1 is 0.978 bits per heavy atom. The number of nitrogen functional groups attached to an aromatic ring is 1. The number of aliphatic imine (C=N–C) groups is 1. The van der Waals surface area contributed by atoms with Gasteiger partial charge in [0.2, 0.25) is 5.96 Å². The SMILES string of the molecule is Cc1nc(N)sc1-c1cccc(N=C(N)NC(=O)NCC(C)CCCc2ccccc2)c1.O=C(O)C(F)(F)F.O=C(O)C(F)(F)F. The molecule has 0 radical (unpaired) electrons. The molecular formula is C28H32F6N6O5S. The summed E-state index contributed by atoms with van der Waals surface area (Å²) in [5.74, 6) is -5.11. The average Bonchev–Trinajstić information content (AvgIpc) is 3.29. The molecule has 0 aliphatic heterocycles. The second-order valence-electron chi connectivity index (χ2n) is 9.44. The lowest BCUT2D eigenvalue weighted by atomic mass is 10.0. The standard InChI is InChI=1S/C24H30N6OS.2C2HF3O2/c1-16(8-6-11-18-9-4-3-5-10-18)15-27-24(31)30-22(25)29-20-13-7-12-19(14-20)21-17(2)28-23(26)32-21;2*3-2(4,5)1(6)7/h3-5,7,9-10,12-14,16H,6,8,11,15H2,1-2H3,(H2,26,28)(H4,25,27,29,30,31);2*(H,6,7). The van der Waals surface area contributed by atoms with E-state index in [0.717, 1.165) is 35.4 Å². The maximum atomic E-state index is 12.2. The fraction of sp³-hybridized carbons (Fsp3) is 0.321. The summed E-state index contributed by atoms with van der Waals surface area (Å²) in [6, 6.07) is 17.6. The lowest BCUT2D eigenvalue weighted by Crippen LogP contribution is -2.44. The zero-order valence-corrected chi connectivity index (χ0v) is 25.3. The second kappa shape index (κ2) is 18.2. The van der Waals surface area contributed by atoms with Crippen LogP contribution in [0.1, 0.15) is 31.0 Å². The van der Waals surface area contributed by atoms with Crippen molar-refractivity contribution in [3.05, 3.63) is 65.9 Å². The Morgan fingerprint density at radius 3 is 2.04 bits per heavy atom. The molecule has 18 heteroatoms. The molecule has 1 aromatic heterocycles. The van der Waals surface area contributed by atoms with Gasteiger partial charge in [-0.3, -0.25) is 5.32 Å². The first kappa shape index (κ1) is 39.2. The number of alkyl halides is 6. The number of amides is 2. The van der Waals surface area contributed by atoms with Crippen molar-refractivity contribution in [2.24, 2.45) is 16.6 Å². The van der Waals surface area contributed by atoms with E-state index in [0.29, 0.717) is 23.3 Å². The third-order valence-corrected chi connectivity index (χ3v) is 6.55. The highest BCUT2D eigenvalue weighted by atomic mass is 32.1. The Morgan fingerprint density at radius 2 is 1.54 bits per heavy atom. The van der Waals surface area contributed by atoms with E-state index in [2.05, 4.69) is 51.8 Å². The molecule has 2 aromatic carbocycles. The second-order valence-corrected chi connectivity index (χ2v) is 10.5. The maximum absolute atomic E-state index is 12.2. The zero-order chi connectivity index (χ0) is 35.1. The maximum Gasteiger partial charge on any atom is 0.490 e. The number of nitrogens with two attached hydrogens (primary N) is 2. The van der Waals surface area contributed by atoms with E-state index in [1.807, 2.05) is 37.3 Å². The number of aryl methyl sites for hydroxylation is 2. The van der Waals surface area contributed by atoms with Gasteiger partial charge >= 0.3 is 30.3 Å². The number of hydrogen-bond acceptors (Lipinski definition) is 7. The predicted octanol–water partition coefficient (Wildman–Crippen LogP) is 5.87. The van der Waals surface area contributed by atoms with Crippen molar-refractivity contribution in [1.82, 2.24) is 15.6 Å². The molecule has 2 amide bonds. The van der Waals surface area contributed by atoms with Crippen LogP contribution < -0.4 is 22.1 Å². The Hall–Kier alpha value is -4.87. The Bertz CT molecular complexity index is 1440. The van der Waals surface area contributed by atoms with E-state index in [9.17, 15) is 31.1 Å². The molecule has 46 heavy (non-hydrogen) atoms. The van der Waals surface area contributed by atoms with Crippen LogP contribution in [0.3, 0.4) is 0 Å². The number of urea groups is 1. The number of anilines is 1. The number of aliphatic carboxylic acids is 2. The number of rotatable bonds is 8. The number of thiazole rings is 1. The monoisotopic (exact) mass is 678 g/mol. The third-order valence-electron chi connectivity index (χ3n) is 5.51. The van der Waals surface area contributed by atoms with Crippen LogP contribution in [0.25, 0.3) is 10.4 Å². The third kappa shape index (κ3) is 15.7. The number of nitrogens with one attached hydrogen (secondary N) is 2. The summed E-state index contributed by atoms with van der Waals surface area (Å²) in [7, 11) is 0. The van der Waals surface area contributed by atoms with Gasteiger partial charge in [-0.15, -0.1) is 0 Å². The largest absolute Gasteiger partial charge is 0.490 e. The van der Waals surface area contributed by atoms with Crippen molar-refractivity contribution in [3.8, 4) is 10.4 Å². The van der Waals surface area contributed by atoms with Gasteiger partial charge < -0.3 is 27.0 Å². The van der Waals surface area contributed by atoms with E-state index in [4.69, 9.17) is 31.3 Å². The first-order valence-electron chi connectivity index (χ1n) is 13.2. The highest BCUT2D eigenvalue weighted by Gasteiger charge is 2.38. The van der Waals surface area contributed by atoms with Gasteiger partial charge in [0, 0.05) is 6.54 Å². The summed E-state index contributed by atoms with van der Waals surface area (Å²) < 4.78 is 63.5. The van der Waals surface area contributed by atoms with E-state index in [1.165, 1.54) is 16.9 Å². The Labute approximate surface area is 263 Å². The molecular weight excluding hydrogens is 646 g/mol. The fourth-order valence-corrected chi connectivity index (χ4v) is 4.23. The van der Waals surface area contributed by atoms with Crippen molar-refractivity contribution in [1.29, 1.82) is 0 Å². The molecule has 0 aliphatic rings. The molecule has 0 aliphatic carbocycles. The highest BCUT2D eigenvalue weighted by Crippen LogP contribution is 2.33. The van der Waals surface area contributed by atoms with E-state index in [-0.39, 0.29) is 12.0 Å². The van der Waals surface area contributed by atoms with Gasteiger partial charge in [0.15, 0.2) is 5.13 Å². The number of carboxylic acid groups (broad SMARTS) is 2. The van der Waals surface area contributed by atoms with Gasteiger partial charge in [-0.2, -0.15) is 26.3 Å². The van der Waals surface area contributed by atoms with Gasteiger partial charge in [0.25, 0.3) is 0 Å². The van der Waals surface area contributed by atoms with Crippen LogP contribution in [0.2, 0.25) is 0 Å². The molecule has 3 rings (SSSR count). The summed E-state index contributed by atoms with van der Waals surface area (Å²) >= 11 is 1.43. The topological polar surface area (TPSA) is 193 Å². The molecule has 1 heterocycles. The highest BCUT2D eigenvalue weighted by molar-refractivity contribution is 7.18. The van der Waals surface area contributed by atoms with Crippen LogP contribution in [0.15, 0.2) is 59.6 Å². The van der Waals surface area contributed by atoms with Crippen LogP contribution in [0, 0.1) is 12.8 Å². The molecule has 3 aromatic rings. The van der Waals surface area contributed by atoms with Crippen LogP contribution in [-0.4, -0.2) is 58.0 Å². The van der Waals surface area contributed by atoms with Gasteiger partial charge in [-0.25, -0.2) is 24.4 Å². The number of halogens is 6. The normalized spacial score (nSPS) is 12.0. The zero-order valence-electron chi connectivity index (χ0n) is 24.4. The molecule has 0 spiro atoms. The van der Waals surface area contributed by atoms with E-state index in [1.54, 1.807) is 0 Å². The fourth-order valence-electron chi connectivity index (χ4n) is 3.40. The van der Waals surface area contributed by atoms with Crippen LogP contribution in [0.5, 0.6) is 0 Å². The summed E-state index contributed by atoms with van der Waals surface area (Å²) in [6.45, 7) is 4.62. The minimum absolute atomic E-state index is 0.0388. The summed E-state index contributed by atoms with van der Waals surface area (Å²) in [5.41, 5.74) is 15.5. The van der Waals surface area contributed by atoms with Crippen LogP contribution in [-0.2, 0) is 16.0 Å². The number of benzene rings is 2. The van der Waals surface area contributed by atoms with E-state index >= 15 is 0 Å². The van der Waals surface area contributed by atoms with Gasteiger partial charge in [0.1, 0.15) is 0 Å². The van der Waals surface area contributed by atoms with Crippen molar-refractivity contribution >= 4 is 46.1 Å². The average molecular weight is 679 g/mol. The first-order chi connectivity index (χ1) is 21.3. The molecule has 0 saturated heterocycles. The molecule has 0 saturated carbocycles. The van der Waals surface area contributed by atoms with Crippen molar-refractivity contribution in [2.45, 2.75) is 45.5 Å². The molecule has 1 atom stereocenters. The van der Waals surface area contributed by atoms with Crippen molar-refractivity contribution in [3.63, 3.8) is 0 Å². The number of carbonyl (C=O) groups is 3. The summed E-state index contributed by atoms with van der Waals surface area (Å²) in [6.07, 6.45) is -7.00. The number of carbonyl (C=O) groups excluding carboxylic acids is 1. The summed E-state index contributed by atoms with van der Waals surface area (Å²) in [4.78, 5) is 39.5. The molecule has 11 nitrogen and oxygen atoms in total. The lowest BCUT2D eigenvalue weighted by molar-refractivity contribution is -0.193. The molecule has 0 fully saturated rings. The van der Waals surface area contributed by atoms with Gasteiger partial charge in [-0.1, -0.05) is 60.7 Å². The molecule has 252 valence electrons. The number of nitrogens with zero attached hydrogens (tertiary/aromatic N) is 2. The molecule has 1 unspecified atom stereocenters. The minimum Gasteiger partial charge on any atom is -0.475 e. The van der Waals surface area contributed by atoms with Gasteiger partial charge in [0.05, 0.1) is 16.3 Å². The lowest BCUT2D eigenvalue weighted by Gasteiger charge is -2.13. The molecule has 8 N–H and O–H groups in total. The molecule has 0 bridgehead atoms. The summed E-state index contributed by atoms with van der Waals surface area (Å²) in [5, 5.41) is 20.2.